The van der Waals surface area contributed by atoms with Gasteiger partial charge in [-0.25, -0.2) is 0 Å². The summed E-state index contributed by atoms with van der Waals surface area (Å²) in [5, 5.41) is 35.9. The number of aldehydes is 1. The second-order valence-corrected chi connectivity index (χ2v) is 2.60. The number of carbonyl (C=O) groups excluding carboxylic acids is 1. The molecule has 1 rings (SSSR count). The third-order valence-corrected chi connectivity index (χ3v) is 1.76. The zero-order chi connectivity index (χ0) is 9.30. The summed E-state index contributed by atoms with van der Waals surface area (Å²) in [6.45, 7) is 0. The Kier molecular flexibility index (Phi) is 2.76. The van der Waals surface area contributed by atoms with E-state index in [-0.39, 0.29) is 6.29 Å². The highest BCUT2D eigenvalue weighted by Gasteiger charge is 2.42. The predicted octanol–water partition coefficient (Wildman–Crippen LogP) is -3.01. The molecule has 0 aromatic rings. The highest BCUT2D eigenvalue weighted by molar-refractivity contribution is 5.57. The quantitative estimate of drug-likeness (QED) is 0.318. The number of aliphatic hydroxyl groups excluding tert-OH is 4. The Balaban J connectivity index is 2.70. The standard InChI is InChI=1S/C6H10O6/c7-1-2-3(8)4(9)5(10)6(11)12-2/h1-6,8-11H/t2?,3-,4?,5-,6+/m0/s1. The molecule has 0 amide bonds. The molecule has 6 nitrogen and oxygen atoms in total. The highest BCUT2D eigenvalue weighted by Crippen LogP contribution is 2.18. The van der Waals surface area contributed by atoms with Crippen LogP contribution in [0, 0.1) is 0 Å². The van der Waals surface area contributed by atoms with Crippen LogP contribution in [0.3, 0.4) is 0 Å². The third kappa shape index (κ3) is 1.47. The van der Waals surface area contributed by atoms with E-state index in [2.05, 4.69) is 4.74 Å². The van der Waals surface area contributed by atoms with Gasteiger partial charge in [-0.05, 0) is 0 Å². The van der Waals surface area contributed by atoms with Crippen molar-refractivity contribution in [3.63, 3.8) is 0 Å². The Bertz CT molecular complexity index is 171. The van der Waals surface area contributed by atoms with Crippen LogP contribution in [-0.4, -0.2) is 57.4 Å². The predicted molar refractivity (Wildman–Crippen MR) is 35.0 cm³/mol. The molecule has 12 heavy (non-hydrogen) atoms. The van der Waals surface area contributed by atoms with Crippen LogP contribution < -0.4 is 0 Å². The van der Waals surface area contributed by atoms with Crippen LogP contribution in [0.4, 0.5) is 0 Å². The maximum atomic E-state index is 10.2. The molecule has 6 heteroatoms. The largest absolute Gasteiger partial charge is 0.387 e. The van der Waals surface area contributed by atoms with Gasteiger partial charge in [-0.3, -0.25) is 0 Å². The molecule has 0 saturated carbocycles. The molecule has 1 heterocycles. The molecule has 0 spiro atoms. The van der Waals surface area contributed by atoms with E-state index in [1.165, 1.54) is 0 Å². The van der Waals surface area contributed by atoms with E-state index in [1.54, 1.807) is 0 Å². The van der Waals surface area contributed by atoms with Crippen LogP contribution in [0.2, 0.25) is 0 Å². The van der Waals surface area contributed by atoms with Crippen molar-refractivity contribution in [1.82, 2.24) is 0 Å². The lowest BCUT2D eigenvalue weighted by Crippen LogP contribution is -2.57. The van der Waals surface area contributed by atoms with E-state index in [0.29, 0.717) is 0 Å². The van der Waals surface area contributed by atoms with Crippen LogP contribution in [0.15, 0.2) is 0 Å². The summed E-state index contributed by atoms with van der Waals surface area (Å²) in [5.74, 6) is 0. The lowest BCUT2D eigenvalue weighted by atomic mass is 10.00. The Morgan fingerprint density at radius 2 is 1.58 bits per heavy atom. The molecule has 1 saturated heterocycles. The van der Waals surface area contributed by atoms with Crippen LogP contribution in [0.1, 0.15) is 0 Å². The van der Waals surface area contributed by atoms with Crippen molar-refractivity contribution in [2.45, 2.75) is 30.7 Å². The number of rotatable bonds is 1. The highest BCUT2D eigenvalue weighted by atomic mass is 16.6. The summed E-state index contributed by atoms with van der Waals surface area (Å²) in [7, 11) is 0. The van der Waals surface area contributed by atoms with Gasteiger partial charge < -0.3 is 30.0 Å². The summed E-state index contributed by atoms with van der Waals surface area (Å²) < 4.78 is 4.46. The molecule has 1 aliphatic rings. The molecule has 1 aliphatic heterocycles. The molecule has 1 fully saturated rings. The van der Waals surface area contributed by atoms with Gasteiger partial charge in [-0.15, -0.1) is 0 Å². The number of hydrogen-bond donors (Lipinski definition) is 4. The third-order valence-electron chi connectivity index (χ3n) is 1.76. The van der Waals surface area contributed by atoms with E-state index < -0.39 is 30.7 Å². The van der Waals surface area contributed by atoms with Gasteiger partial charge in [-0.2, -0.15) is 0 Å². The monoisotopic (exact) mass is 178 g/mol. The Labute approximate surface area is 68.0 Å². The molecule has 70 valence electrons. The Morgan fingerprint density at radius 3 is 2.08 bits per heavy atom. The zero-order valence-corrected chi connectivity index (χ0v) is 6.07. The van der Waals surface area contributed by atoms with E-state index in [0.717, 1.165) is 0 Å². The van der Waals surface area contributed by atoms with E-state index in [1.807, 2.05) is 0 Å². The zero-order valence-electron chi connectivity index (χ0n) is 6.07. The fourth-order valence-corrected chi connectivity index (χ4v) is 1.000. The fourth-order valence-electron chi connectivity index (χ4n) is 1.000. The molecular weight excluding hydrogens is 168 g/mol. The number of hydrogen-bond acceptors (Lipinski definition) is 6. The first kappa shape index (κ1) is 9.56. The molecule has 2 unspecified atom stereocenters. The second kappa shape index (κ2) is 3.46. The summed E-state index contributed by atoms with van der Waals surface area (Å²) in [6.07, 6.45) is -7.33. The molecule has 0 aliphatic carbocycles. The summed E-state index contributed by atoms with van der Waals surface area (Å²) in [5.41, 5.74) is 0. The Hall–Kier alpha value is -0.530. The average molecular weight is 178 g/mol. The van der Waals surface area contributed by atoms with Crippen molar-refractivity contribution in [3.05, 3.63) is 0 Å². The van der Waals surface area contributed by atoms with Crippen LogP contribution in [-0.2, 0) is 9.53 Å². The van der Waals surface area contributed by atoms with Gasteiger partial charge in [0.25, 0.3) is 0 Å². The van der Waals surface area contributed by atoms with Gasteiger partial charge in [0.2, 0.25) is 0 Å². The van der Waals surface area contributed by atoms with Gasteiger partial charge >= 0.3 is 0 Å². The van der Waals surface area contributed by atoms with Crippen molar-refractivity contribution < 1.29 is 30.0 Å². The number of ether oxygens (including phenoxy) is 1. The first-order valence-corrected chi connectivity index (χ1v) is 3.41. The smallest absolute Gasteiger partial charge is 0.184 e. The average Bonchev–Trinajstić information content (AvgIpc) is 2.08. The Morgan fingerprint density at radius 1 is 1.00 bits per heavy atom. The van der Waals surface area contributed by atoms with Gasteiger partial charge in [0.05, 0.1) is 0 Å². The maximum absolute atomic E-state index is 10.2. The molecule has 0 aromatic carbocycles. The molecule has 4 N–H and O–H groups in total. The molecular formula is C6H10O6. The minimum Gasteiger partial charge on any atom is -0.387 e. The van der Waals surface area contributed by atoms with Gasteiger partial charge in [-0.1, -0.05) is 0 Å². The molecule has 0 radical (unpaired) electrons. The fraction of sp³-hybridized carbons (Fsp3) is 0.833. The SMILES string of the molecule is O=CC1O[C@@H](O)[C@@H](O)C(O)[C@H]1O. The molecule has 0 aromatic heterocycles. The normalized spacial score (nSPS) is 48.8. The molecule has 0 bridgehead atoms. The van der Waals surface area contributed by atoms with Crippen molar-refractivity contribution >= 4 is 6.29 Å². The first-order valence-electron chi connectivity index (χ1n) is 3.41. The van der Waals surface area contributed by atoms with Gasteiger partial charge in [0, 0.05) is 0 Å². The van der Waals surface area contributed by atoms with Crippen molar-refractivity contribution in [3.8, 4) is 0 Å². The van der Waals surface area contributed by atoms with E-state index >= 15 is 0 Å². The summed E-state index contributed by atoms with van der Waals surface area (Å²) in [6, 6.07) is 0. The minimum absolute atomic E-state index is 0.253. The van der Waals surface area contributed by atoms with Crippen molar-refractivity contribution in [2.75, 3.05) is 0 Å². The van der Waals surface area contributed by atoms with Crippen molar-refractivity contribution in [1.29, 1.82) is 0 Å². The van der Waals surface area contributed by atoms with E-state index in [4.69, 9.17) is 20.4 Å². The number of carbonyl (C=O) groups is 1. The van der Waals surface area contributed by atoms with Gasteiger partial charge in [0.1, 0.15) is 24.4 Å². The van der Waals surface area contributed by atoms with Gasteiger partial charge in [0.15, 0.2) is 12.6 Å². The lowest BCUT2D eigenvalue weighted by molar-refractivity contribution is -0.272. The topological polar surface area (TPSA) is 107 Å². The maximum Gasteiger partial charge on any atom is 0.184 e. The second-order valence-electron chi connectivity index (χ2n) is 2.60. The summed E-state index contributed by atoms with van der Waals surface area (Å²) >= 11 is 0. The molecule has 5 atom stereocenters. The first-order chi connectivity index (χ1) is 5.57. The van der Waals surface area contributed by atoms with Crippen LogP contribution in [0.5, 0.6) is 0 Å². The minimum atomic E-state index is -1.64. The van der Waals surface area contributed by atoms with Crippen molar-refractivity contribution in [2.24, 2.45) is 0 Å². The van der Waals surface area contributed by atoms with Crippen LogP contribution in [0.25, 0.3) is 0 Å². The lowest BCUT2D eigenvalue weighted by Gasteiger charge is -2.35. The summed E-state index contributed by atoms with van der Waals surface area (Å²) in [4.78, 5) is 10.2. The van der Waals surface area contributed by atoms with E-state index in [9.17, 15) is 4.79 Å². The number of aliphatic hydroxyl groups is 4. The van der Waals surface area contributed by atoms with Crippen LogP contribution >= 0.6 is 0 Å².